The summed E-state index contributed by atoms with van der Waals surface area (Å²) >= 11 is 5.99. The first kappa shape index (κ1) is 15.9. The van der Waals surface area contributed by atoms with Crippen LogP contribution >= 0.6 is 11.8 Å². The van der Waals surface area contributed by atoms with Crippen molar-refractivity contribution in [1.29, 1.82) is 0 Å². The number of nitrogens with zero attached hydrogens (tertiary/aromatic N) is 1. The molecule has 0 aliphatic carbocycles. The summed E-state index contributed by atoms with van der Waals surface area (Å²) in [6, 6.07) is 9.06. The van der Waals surface area contributed by atoms with Gasteiger partial charge >= 0.3 is 6.36 Å². The van der Waals surface area contributed by atoms with Gasteiger partial charge in [-0.25, -0.2) is 4.84 Å². The average molecular weight is 345 g/mol. The second-order valence-electron chi connectivity index (χ2n) is 5.02. The van der Waals surface area contributed by atoms with Gasteiger partial charge in [0.15, 0.2) is 0 Å². The van der Waals surface area contributed by atoms with Crippen LogP contribution in [0.25, 0.3) is 0 Å². The molecule has 0 fully saturated rings. The molecule has 23 heavy (non-hydrogen) atoms. The molecule has 1 aromatic carbocycles. The van der Waals surface area contributed by atoms with Crippen LogP contribution in [0.1, 0.15) is 17.7 Å². The maximum atomic E-state index is 12.3. The first-order valence-electron chi connectivity index (χ1n) is 6.77. The van der Waals surface area contributed by atoms with Crippen molar-refractivity contribution in [2.24, 2.45) is 0 Å². The molecule has 1 atom stereocenters. The van der Waals surface area contributed by atoms with Gasteiger partial charge in [0.05, 0.1) is 6.61 Å². The Balaban J connectivity index is 1.99. The molecule has 0 radical (unpaired) electrons. The van der Waals surface area contributed by atoms with E-state index in [2.05, 4.69) is 14.6 Å². The number of hydrogen-bond donors (Lipinski definition) is 1. The van der Waals surface area contributed by atoms with Crippen LogP contribution in [-0.4, -0.2) is 18.0 Å². The third kappa shape index (κ3) is 3.07. The predicted molar refractivity (Wildman–Crippen MR) is 77.2 cm³/mol. The third-order valence-corrected chi connectivity index (χ3v) is 3.97. The molecule has 1 aliphatic heterocycles. The lowest BCUT2D eigenvalue weighted by Crippen LogP contribution is -2.43. The largest absolute Gasteiger partial charge is 0.573 e. The highest BCUT2D eigenvalue weighted by Gasteiger charge is 2.40. The Kier molecular flexibility index (Phi) is 4.08. The number of nitrogens with one attached hydrogen (secondary N) is 1. The quantitative estimate of drug-likeness (QED) is 0.861. The van der Waals surface area contributed by atoms with Gasteiger partial charge in [0.25, 0.3) is 0 Å². The van der Waals surface area contributed by atoms with E-state index in [0.29, 0.717) is 30.0 Å². The molecular formula is C15H12ClF3N2O2. The maximum Gasteiger partial charge on any atom is 0.573 e. The van der Waals surface area contributed by atoms with Gasteiger partial charge in [-0.3, -0.25) is 4.98 Å². The van der Waals surface area contributed by atoms with E-state index in [0.717, 1.165) is 0 Å². The van der Waals surface area contributed by atoms with E-state index in [4.69, 9.17) is 16.5 Å². The second kappa shape index (κ2) is 5.90. The number of rotatable bonds is 3. The molecule has 0 saturated carbocycles. The standard InChI is InChI=1S/C15H12ClF3N2O2/c16-21-14(7-9-22-12-2-1-8-20-13(12)14)10-3-5-11(6-4-10)23-15(17,18)19/h1-6,8,21H,7,9H2. The van der Waals surface area contributed by atoms with Crippen molar-refractivity contribution in [2.45, 2.75) is 18.3 Å². The Morgan fingerprint density at radius 1 is 1.22 bits per heavy atom. The van der Waals surface area contributed by atoms with Crippen LogP contribution in [0.4, 0.5) is 13.2 Å². The summed E-state index contributed by atoms with van der Waals surface area (Å²) in [7, 11) is 0. The summed E-state index contributed by atoms with van der Waals surface area (Å²) in [5, 5.41) is 0. The minimum atomic E-state index is -4.73. The molecule has 0 bridgehead atoms. The van der Waals surface area contributed by atoms with E-state index in [1.165, 1.54) is 24.3 Å². The van der Waals surface area contributed by atoms with Crippen molar-refractivity contribution in [2.75, 3.05) is 6.61 Å². The van der Waals surface area contributed by atoms with Crippen LogP contribution < -0.4 is 14.3 Å². The van der Waals surface area contributed by atoms with Gasteiger partial charge in [-0.2, -0.15) is 0 Å². The molecule has 3 rings (SSSR count). The van der Waals surface area contributed by atoms with Crippen LogP contribution in [-0.2, 0) is 5.54 Å². The van der Waals surface area contributed by atoms with Crippen molar-refractivity contribution >= 4 is 11.8 Å². The summed E-state index contributed by atoms with van der Waals surface area (Å²) in [4.78, 5) is 7.04. The highest BCUT2D eigenvalue weighted by atomic mass is 35.5. The SMILES string of the molecule is FC(F)(F)Oc1ccc(C2(NCl)CCOc3cccnc32)cc1. The fourth-order valence-electron chi connectivity index (χ4n) is 2.63. The topological polar surface area (TPSA) is 43.4 Å². The number of benzene rings is 1. The zero-order chi connectivity index (χ0) is 16.5. The molecule has 4 nitrogen and oxygen atoms in total. The predicted octanol–water partition coefficient (Wildman–Crippen LogP) is 3.75. The second-order valence-corrected chi connectivity index (χ2v) is 5.21. The normalized spacial score (nSPS) is 20.5. The Hall–Kier alpha value is -1.99. The lowest BCUT2D eigenvalue weighted by atomic mass is 9.82. The Bertz CT molecular complexity index is 694. The summed E-state index contributed by atoms with van der Waals surface area (Å²) in [5.41, 5.74) is 0.420. The molecule has 1 aromatic heterocycles. The molecule has 8 heteroatoms. The lowest BCUT2D eigenvalue weighted by molar-refractivity contribution is -0.274. The molecule has 2 heterocycles. The molecule has 122 valence electrons. The monoisotopic (exact) mass is 344 g/mol. The van der Waals surface area contributed by atoms with Gasteiger partial charge in [0, 0.05) is 12.6 Å². The Morgan fingerprint density at radius 3 is 2.61 bits per heavy atom. The van der Waals surface area contributed by atoms with Crippen molar-refractivity contribution < 1.29 is 22.6 Å². The summed E-state index contributed by atoms with van der Waals surface area (Å²) < 4.78 is 46.2. The van der Waals surface area contributed by atoms with Crippen molar-refractivity contribution in [1.82, 2.24) is 9.82 Å². The fourth-order valence-corrected chi connectivity index (χ4v) is 2.92. The smallest absolute Gasteiger partial charge is 0.491 e. The number of aromatic nitrogens is 1. The van der Waals surface area contributed by atoms with Gasteiger partial charge in [-0.15, -0.1) is 13.2 Å². The van der Waals surface area contributed by atoms with Crippen molar-refractivity contribution in [3.63, 3.8) is 0 Å². The molecule has 1 N–H and O–H groups in total. The molecule has 1 unspecified atom stereocenters. The minimum Gasteiger partial charge on any atom is -0.491 e. The number of hydrogen-bond acceptors (Lipinski definition) is 4. The van der Waals surface area contributed by atoms with Crippen molar-refractivity contribution in [3.8, 4) is 11.5 Å². The molecule has 1 aliphatic rings. The third-order valence-electron chi connectivity index (χ3n) is 3.65. The number of alkyl halides is 3. The molecule has 0 amide bonds. The van der Waals surface area contributed by atoms with Gasteiger partial charge in [-0.05, 0) is 41.6 Å². The Morgan fingerprint density at radius 2 is 1.96 bits per heavy atom. The summed E-state index contributed by atoms with van der Waals surface area (Å²) in [6.07, 6.45) is -2.63. The average Bonchev–Trinajstić information content (AvgIpc) is 2.53. The molecular weight excluding hydrogens is 333 g/mol. The number of halogens is 4. The number of fused-ring (bicyclic) bond motifs is 1. The van der Waals surface area contributed by atoms with E-state index < -0.39 is 11.9 Å². The van der Waals surface area contributed by atoms with E-state index >= 15 is 0 Å². The Labute approximate surface area is 135 Å². The van der Waals surface area contributed by atoms with Crippen molar-refractivity contribution in [3.05, 3.63) is 53.9 Å². The van der Waals surface area contributed by atoms with Crippen LogP contribution in [0.15, 0.2) is 42.6 Å². The van der Waals surface area contributed by atoms with E-state index in [-0.39, 0.29) is 5.75 Å². The van der Waals surface area contributed by atoms with E-state index in [1.807, 2.05) is 0 Å². The fraction of sp³-hybridized carbons (Fsp3) is 0.267. The summed E-state index contributed by atoms with van der Waals surface area (Å²) in [6.45, 7) is 0.402. The summed E-state index contributed by atoms with van der Waals surface area (Å²) in [5.74, 6) is 0.293. The maximum absolute atomic E-state index is 12.3. The zero-order valence-corrected chi connectivity index (χ0v) is 12.5. The molecule has 0 saturated heterocycles. The van der Waals surface area contributed by atoms with Gasteiger partial charge < -0.3 is 9.47 Å². The van der Waals surface area contributed by atoms with Gasteiger partial charge in [0.1, 0.15) is 22.7 Å². The number of pyridine rings is 1. The lowest BCUT2D eigenvalue weighted by Gasteiger charge is -2.36. The first-order valence-corrected chi connectivity index (χ1v) is 7.15. The molecule has 0 spiro atoms. The first-order chi connectivity index (χ1) is 10.9. The highest BCUT2D eigenvalue weighted by Crippen LogP contribution is 2.41. The minimum absolute atomic E-state index is 0.292. The number of ether oxygens (including phenoxy) is 2. The van der Waals surface area contributed by atoms with Crippen LogP contribution in [0, 0.1) is 0 Å². The van der Waals surface area contributed by atoms with E-state index in [9.17, 15) is 13.2 Å². The zero-order valence-electron chi connectivity index (χ0n) is 11.7. The highest BCUT2D eigenvalue weighted by molar-refractivity contribution is 6.14. The molecule has 2 aromatic rings. The van der Waals surface area contributed by atoms with Crippen LogP contribution in [0.3, 0.4) is 0 Å². The van der Waals surface area contributed by atoms with Crippen LogP contribution in [0.5, 0.6) is 11.5 Å². The van der Waals surface area contributed by atoms with Crippen LogP contribution in [0.2, 0.25) is 0 Å². The van der Waals surface area contributed by atoms with Gasteiger partial charge in [0.2, 0.25) is 0 Å². The van der Waals surface area contributed by atoms with E-state index in [1.54, 1.807) is 18.3 Å². The van der Waals surface area contributed by atoms with Gasteiger partial charge in [-0.1, -0.05) is 12.1 Å².